The highest BCUT2D eigenvalue weighted by Crippen LogP contribution is 2.28. The third-order valence-electron chi connectivity index (χ3n) is 4.00. The van der Waals surface area contributed by atoms with Gasteiger partial charge in [0.2, 0.25) is 0 Å². The molecule has 6 heteroatoms. The van der Waals surface area contributed by atoms with Gasteiger partial charge in [0.05, 0.1) is 12.6 Å². The van der Waals surface area contributed by atoms with Crippen LogP contribution < -0.4 is 0 Å². The summed E-state index contributed by atoms with van der Waals surface area (Å²) in [6, 6.07) is 8.21. The lowest BCUT2D eigenvalue weighted by atomic mass is 10.1. The number of hydrogen-bond acceptors (Lipinski definition) is 3. The van der Waals surface area contributed by atoms with Crippen LogP contribution in [-0.4, -0.2) is 32.5 Å². The Kier molecular flexibility index (Phi) is 3.12. The SMILES string of the molecule is S=c1[nH]nc(-c2c[nH]c3ccccc23)n1C[C@H]1CCCO1. The summed E-state index contributed by atoms with van der Waals surface area (Å²) in [4.78, 5) is 3.28. The molecule has 0 unspecified atom stereocenters. The molecule has 0 saturated carbocycles. The van der Waals surface area contributed by atoms with Crippen molar-refractivity contribution in [2.75, 3.05) is 6.61 Å². The van der Waals surface area contributed by atoms with Crippen LogP contribution in [0.25, 0.3) is 22.3 Å². The van der Waals surface area contributed by atoms with Crippen LogP contribution in [0.15, 0.2) is 30.5 Å². The Morgan fingerprint density at radius 3 is 3.14 bits per heavy atom. The zero-order chi connectivity index (χ0) is 14.2. The summed E-state index contributed by atoms with van der Waals surface area (Å²) < 4.78 is 8.41. The Bertz CT molecular complexity index is 825. The van der Waals surface area contributed by atoms with Gasteiger partial charge in [0, 0.05) is 29.3 Å². The molecular formula is C15H16N4OS. The van der Waals surface area contributed by atoms with Gasteiger partial charge in [-0.3, -0.25) is 9.67 Å². The fraction of sp³-hybridized carbons (Fsp3) is 0.333. The maximum absolute atomic E-state index is 5.72. The molecule has 1 saturated heterocycles. The number of fused-ring (bicyclic) bond motifs is 1. The van der Waals surface area contributed by atoms with Gasteiger partial charge in [0.25, 0.3) is 0 Å². The lowest BCUT2D eigenvalue weighted by Gasteiger charge is -2.11. The van der Waals surface area contributed by atoms with Gasteiger partial charge in [-0.05, 0) is 31.1 Å². The largest absolute Gasteiger partial charge is 0.376 e. The molecular weight excluding hydrogens is 284 g/mol. The molecule has 2 N–H and O–H groups in total. The number of benzene rings is 1. The average molecular weight is 300 g/mol. The molecule has 0 bridgehead atoms. The second-order valence-electron chi connectivity index (χ2n) is 5.35. The van der Waals surface area contributed by atoms with E-state index in [0.29, 0.717) is 4.77 Å². The normalized spacial score (nSPS) is 18.6. The number of H-pyrrole nitrogens is 2. The van der Waals surface area contributed by atoms with Crippen molar-refractivity contribution in [3.05, 3.63) is 35.2 Å². The van der Waals surface area contributed by atoms with Crippen molar-refractivity contribution in [3.63, 3.8) is 0 Å². The monoisotopic (exact) mass is 300 g/mol. The molecule has 2 aromatic heterocycles. The van der Waals surface area contributed by atoms with Gasteiger partial charge in [-0.25, -0.2) is 0 Å². The van der Waals surface area contributed by atoms with Crippen LogP contribution in [0.1, 0.15) is 12.8 Å². The van der Waals surface area contributed by atoms with Crippen LogP contribution in [0.2, 0.25) is 0 Å². The average Bonchev–Trinajstić information content (AvgIpc) is 3.21. The van der Waals surface area contributed by atoms with Crippen LogP contribution in [0.4, 0.5) is 0 Å². The maximum atomic E-state index is 5.72. The van der Waals surface area contributed by atoms with Gasteiger partial charge in [-0.2, -0.15) is 5.10 Å². The van der Waals surface area contributed by atoms with Crippen molar-refractivity contribution < 1.29 is 4.74 Å². The number of para-hydroxylation sites is 1. The molecule has 3 aromatic rings. The lowest BCUT2D eigenvalue weighted by Crippen LogP contribution is -2.15. The second kappa shape index (κ2) is 5.13. The van der Waals surface area contributed by atoms with E-state index in [0.717, 1.165) is 48.3 Å². The highest BCUT2D eigenvalue weighted by Gasteiger charge is 2.20. The zero-order valence-electron chi connectivity index (χ0n) is 11.5. The van der Waals surface area contributed by atoms with Crippen molar-refractivity contribution in [1.82, 2.24) is 19.7 Å². The highest BCUT2D eigenvalue weighted by atomic mass is 32.1. The van der Waals surface area contributed by atoms with Crippen molar-refractivity contribution in [3.8, 4) is 11.4 Å². The van der Waals surface area contributed by atoms with E-state index in [1.807, 2.05) is 22.9 Å². The number of nitrogens with zero attached hydrogens (tertiary/aromatic N) is 2. The van der Waals surface area contributed by atoms with Gasteiger partial charge < -0.3 is 9.72 Å². The van der Waals surface area contributed by atoms with Crippen molar-refractivity contribution >= 4 is 23.1 Å². The first kappa shape index (κ1) is 12.8. The quantitative estimate of drug-likeness (QED) is 0.730. The highest BCUT2D eigenvalue weighted by molar-refractivity contribution is 7.71. The van der Waals surface area contributed by atoms with Crippen molar-refractivity contribution in [2.24, 2.45) is 0 Å². The minimum absolute atomic E-state index is 0.234. The van der Waals surface area contributed by atoms with Crippen LogP contribution in [-0.2, 0) is 11.3 Å². The molecule has 1 fully saturated rings. The summed E-state index contributed by atoms with van der Waals surface area (Å²) in [6.07, 6.45) is 4.43. The first-order valence-corrected chi connectivity index (χ1v) is 7.57. The summed E-state index contributed by atoms with van der Waals surface area (Å²) in [5.74, 6) is 0.868. The molecule has 0 spiro atoms. The fourth-order valence-corrected chi connectivity index (χ4v) is 3.15. The second-order valence-corrected chi connectivity index (χ2v) is 5.73. The Morgan fingerprint density at radius 1 is 1.38 bits per heavy atom. The van der Waals surface area contributed by atoms with E-state index in [2.05, 4.69) is 27.3 Å². The summed E-state index contributed by atoms with van der Waals surface area (Å²) in [7, 11) is 0. The summed E-state index contributed by atoms with van der Waals surface area (Å²) in [6.45, 7) is 1.60. The number of nitrogens with one attached hydrogen (secondary N) is 2. The van der Waals surface area contributed by atoms with Gasteiger partial charge in [0.15, 0.2) is 10.6 Å². The van der Waals surface area contributed by atoms with Crippen LogP contribution in [0.3, 0.4) is 0 Å². The number of aromatic nitrogens is 4. The predicted octanol–water partition coefficient (Wildman–Crippen LogP) is 3.27. The van der Waals surface area contributed by atoms with E-state index in [-0.39, 0.29) is 6.10 Å². The van der Waals surface area contributed by atoms with Gasteiger partial charge in [0.1, 0.15) is 0 Å². The van der Waals surface area contributed by atoms with Crippen molar-refractivity contribution in [2.45, 2.75) is 25.5 Å². The fourth-order valence-electron chi connectivity index (χ4n) is 2.94. The van der Waals surface area contributed by atoms with Crippen LogP contribution in [0, 0.1) is 4.77 Å². The molecule has 1 aliphatic heterocycles. The summed E-state index contributed by atoms with van der Waals surface area (Å²) >= 11 is 5.38. The Labute approximate surface area is 126 Å². The van der Waals surface area contributed by atoms with E-state index < -0.39 is 0 Å². The smallest absolute Gasteiger partial charge is 0.195 e. The van der Waals surface area contributed by atoms with E-state index in [9.17, 15) is 0 Å². The predicted molar refractivity (Wildman–Crippen MR) is 83.7 cm³/mol. The molecule has 3 heterocycles. The molecule has 4 rings (SSSR count). The van der Waals surface area contributed by atoms with E-state index in [1.54, 1.807) is 0 Å². The molecule has 0 radical (unpaired) electrons. The van der Waals surface area contributed by atoms with Crippen molar-refractivity contribution in [1.29, 1.82) is 0 Å². The Hall–Kier alpha value is -1.92. The van der Waals surface area contributed by atoms with E-state index >= 15 is 0 Å². The summed E-state index contributed by atoms with van der Waals surface area (Å²) in [5, 5.41) is 8.48. The minimum Gasteiger partial charge on any atom is -0.376 e. The van der Waals surface area contributed by atoms with Gasteiger partial charge in [-0.1, -0.05) is 18.2 Å². The Morgan fingerprint density at radius 2 is 2.29 bits per heavy atom. The number of aromatic amines is 2. The Balaban J connectivity index is 1.80. The van der Waals surface area contributed by atoms with Gasteiger partial charge in [-0.15, -0.1) is 0 Å². The topological polar surface area (TPSA) is 58.6 Å². The summed E-state index contributed by atoms with van der Waals surface area (Å²) in [5.41, 5.74) is 2.17. The first-order chi connectivity index (χ1) is 10.3. The van der Waals surface area contributed by atoms with Crippen LogP contribution >= 0.6 is 12.2 Å². The lowest BCUT2D eigenvalue weighted by molar-refractivity contribution is 0.0970. The first-order valence-electron chi connectivity index (χ1n) is 7.16. The zero-order valence-corrected chi connectivity index (χ0v) is 12.3. The molecule has 0 aliphatic carbocycles. The standard InChI is InChI=1S/C15H16N4OS/c21-15-18-17-14(19(15)9-10-4-3-7-20-10)12-8-16-13-6-2-1-5-11(12)13/h1-2,5-6,8,10,16H,3-4,7,9H2,(H,18,21)/t10-/m1/s1. The molecule has 5 nitrogen and oxygen atoms in total. The number of rotatable bonds is 3. The van der Waals surface area contributed by atoms with E-state index in [4.69, 9.17) is 17.0 Å². The number of hydrogen-bond donors (Lipinski definition) is 2. The van der Waals surface area contributed by atoms with Gasteiger partial charge >= 0.3 is 0 Å². The maximum Gasteiger partial charge on any atom is 0.195 e. The molecule has 108 valence electrons. The number of ether oxygens (including phenoxy) is 1. The third-order valence-corrected chi connectivity index (χ3v) is 4.31. The molecule has 21 heavy (non-hydrogen) atoms. The van der Waals surface area contributed by atoms with Crippen LogP contribution in [0.5, 0.6) is 0 Å². The third kappa shape index (κ3) is 2.20. The molecule has 1 aromatic carbocycles. The molecule has 0 amide bonds. The minimum atomic E-state index is 0.234. The molecule has 1 aliphatic rings. The van der Waals surface area contributed by atoms with E-state index in [1.165, 1.54) is 0 Å². The molecule has 1 atom stereocenters.